The zero-order chi connectivity index (χ0) is 18.6. The van der Waals surface area contributed by atoms with Gasteiger partial charge in [-0.15, -0.1) is 0 Å². The van der Waals surface area contributed by atoms with E-state index in [0.717, 1.165) is 31.2 Å². The minimum atomic E-state index is -0.438. The fraction of sp³-hybridized carbons (Fsp3) is 0.526. The highest BCUT2D eigenvalue weighted by molar-refractivity contribution is 6.08. The van der Waals surface area contributed by atoms with Gasteiger partial charge in [0.1, 0.15) is 0 Å². The van der Waals surface area contributed by atoms with Crippen LogP contribution >= 0.6 is 0 Å². The van der Waals surface area contributed by atoms with Gasteiger partial charge in [0.05, 0.1) is 0 Å². The molecule has 0 N–H and O–H groups in total. The average molecular weight is 355 g/mol. The van der Waals surface area contributed by atoms with Crippen molar-refractivity contribution in [1.29, 1.82) is 0 Å². The summed E-state index contributed by atoms with van der Waals surface area (Å²) in [6.45, 7) is 8.13. The lowest BCUT2D eigenvalue weighted by Crippen LogP contribution is -2.64. The summed E-state index contributed by atoms with van der Waals surface area (Å²) in [5.41, 5.74) is 3.52. The van der Waals surface area contributed by atoms with Gasteiger partial charge in [0, 0.05) is 32.4 Å². The number of amides is 3. The van der Waals surface area contributed by atoms with Crippen LogP contribution in [0.3, 0.4) is 0 Å². The first-order chi connectivity index (χ1) is 12.4. The predicted molar refractivity (Wildman–Crippen MR) is 100 cm³/mol. The molecule has 7 heteroatoms. The van der Waals surface area contributed by atoms with Crippen LogP contribution in [0.1, 0.15) is 24.5 Å². The molecule has 0 aliphatic carbocycles. The van der Waals surface area contributed by atoms with Crippen molar-refractivity contribution in [2.75, 3.05) is 31.6 Å². The Kier molecular flexibility index (Phi) is 3.89. The van der Waals surface area contributed by atoms with Crippen LogP contribution in [-0.2, 0) is 4.79 Å². The van der Waals surface area contributed by atoms with Crippen LogP contribution in [-0.4, -0.2) is 71.5 Å². The number of anilines is 1. The highest BCUT2D eigenvalue weighted by Crippen LogP contribution is 2.34. The lowest BCUT2D eigenvalue weighted by atomic mass is 10.1. The third kappa shape index (κ3) is 2.29. The van der Waals surface area contributed by atoms with Crippen LogP contribution in [0.25, 0.3) is 0 Å². The molecule has 0 aromatic heterocycles. The number of aryl methyl sites for hydroxylation is 2. The molecule has 1 aromatic rings. The lowest BCUT2D eigenvalue weighted by molar-refractivity contribution is -0.137. The smallest absolute Gasteiger partial charge is 0.325 e. The van der Waals surface area contributed by atoms with Gasteiger partial charge in [-0.3, -0.25) is 9.69 Å². The van der Waals surface area contributed by atoms with Crippen molar-refractivity contribution < 1.29 is 9.59 Å². The minimum absolute atomic E-state index is 0.124. The van der Waals surface area contributed by atoms with Crippen molar-refractivity contribution in [3.8, 4) is 0 Å². The van der Waals surface area contributed by atoms with Gasteiger partial charge in [-0.05, 0) is 31.9 Å². The topological polar surface area (TPSA) is 59.5 Å². The number of hydrogen-bond donors (Lipinski definition) is 0. The molecule has 3 aliphatic rings. The summed E-state index contributed by atoms with van der Waals surface area (Å²) in [7, 11) is 1.74. The molecule has 7 nitrogen and oxygen atoms in total. The Balaban J connectivity index is 1.69. The molecular weight excluding hydrogens is 330 g/mol. The standard InChI is InChI=1S/C19H25N5O2/c1-5-8-24-17(25)15-16(21(4)19(24)26)20-18-22(9-10-23(15)18)14-7-6-12(2)11-13(14)3/h6-7,11,15-16H,5,8-10H2,1-4H3. The molecule has 3 amide bonds. The third-order valence-electron chi connectivity index (χ3n) is 5.47. The second kappa shape index (κ2) is 6.00. The van der Waals surface area contributed by atoms with Gasteiger partial charge in [-0.1, -0.05) is 24.6 Å². The maximum absolute atomic E-state index is 13.0. The molecule has 0 saturated carbocycles. The first-order valence-corrected chi connectivity index (χ1v) is 9.21. The van der Waals surface area contributed by atoms with Crippen LogP contribution in [0.2, 0.25) is 0 Å². The molecule has 1 aromatic carbocycles. The van der Waals surface area contributed by atoms with Gasteiger partial charge >= 0.3 is 6.03 Å². The van der Waals surface area contributed by atoms with E-state index in [9.17, 15) is 9.59 Å². The summed E-state index contributed by atoms with van der Waals surface area (Å²) < 4.78 is 0. The zero-order valence-corrected chi connectivity index (χ0v) is 15.8. The van der Waals surface area contributed by atoms with Crippen molar-refractivity contribution in [1.82, 2.24) is 14.7 Å². The number of urea groups is 1. The summed E-state index contributed by atoms with van der Waals surface area (Å²) in [6, 6.07) is 5.71. The molecule has 2 fully saturated rings. The van der Waals surface area contributed by atoms with E-state index in [1.807, 2.05) is 6.92 Å². The summed E-state index contributed by atoms with van der Waals surface area (Å²) in [4.78, 5) is 37.6. The van der Waals surface area contributed by atoms with Gasteiger partial charge < -0.3 is 14.7 Å². The molecule has 138 valence electrons. The number of nitrogens with zero attached hydrogens (tertiary/aromatic N) is 5. The number of imide groups is 1. The summed E-state index contributed by atoms with van der Waals surface area (Å²) >= 11 is 0. The second-order valence-corrected chi connectivity index (χ2v) is 7.31. The maximum Gasteiger partial charge on any atom is 0.328 e. The van der Waals surface area contributed by atoms with E-state index in [4.69, 9.17) is 4.99 Å². The quantitative estimate of drug-likeness (QED) is 0.829. The van der Waals surface area contributed by atoms with Gasteiger partial charge in [0.15, 0.2) is 12.2 Å². The first-order valence-electron chi connectivity index (χ1n) is 9.21. The molecule has 2 atom stereocenters. The number of guanidine groups is 1. The van der Waals surface area contributed by atoms with E-state index in [-0.39, 0.29) is 11.9 Å². The Morgan fingerprint density at radius 1 is 1.19 bits per heavy atom. The molecule has 0 spiro atoms. The van der Waals surface area contributed by atoms with E-state index in [1.54, 1.807) is 11.9 Å². The summed E-state index contributed by atoms with van der Waals surface area (Å²) in [5.74, 6) is 0.680. The molecular formula is C19H25N5O2. The number of carbonyl (C=O) groups excluding carboxylic acids is 2. The molecule has 2 saturated heterocycles. The maximum atomic E-state index is 13.0. The van der Waals surface area contributed by atoms with Gasteiger partial charge in [-0.2, -0.15) is 0 Å². The van der Waals surface area contributed by atoms with E-state index >= 15 is 0 Å². The molecule has 3 heterocycles. The number of likely N-dealkylation sites (N-methyl/N-ethyl adjacent to an activating group) is 1. The van der Waals surface area contributed by atoms with Crippen molar-refractivity contribution in [2.45, 2.75) is 39.4 Å². The SMILES string of the molecule is CCCN1C(=O)C2C(N=C3N(c4ccc(C)cc4C)CCN32)N(C)C1=O. The predicted octanol–water partition coefficient (Wildman–Crippen LogP) is 1.79. The molecule has 4 rings (SSSR count). The Hall–Kier alpha value is -2.57. The monoisotopic (exact) mass is 355 g/mol. The van der Waals surface area contributed by atoms with Crippen LogP contribution in [0.4, 0.5) is 10.5 Å². The number of rotatable bonds is 3. The van der Waals surface area contributed by atoms with Gasteiger partial charge in [-0.25, -0.2) is 9.79 Å². The highest BCUT2D eigenvalue weighted by atomic mass is 16.2. The van der Waals surface area contributed by atoms with E-state index in [1.165, 1.54) is 16.0 Å². The molecule has 3 aliphatic heterocycles. The number of aliphatic imine (C=N–C) groups is 1. The Morgan fingerprint density at radius 2 is 1.96 bits per heavy atom. The molecule has 0 bridgehead atoms. The van der Waals surface area contributed by atoms with Crippen molar-refractivity contribution in [2.24, 2.45) is 4.99 Å². The Labute approximate surface area is 153 Å². The van der Waals surface area contributed by atoms with Crippen molar-refractivity contribution in [3.63, 3.8) is 0 Å². The Bertz CT molecular complexity index is 805. The Morgan fingerprint density at radius 3 is 2.65 bits per heavy atom. The lowest BCUT2D eigenvalue weighted by Gasteiger charge is -2.40. The second-order valence-electron chi connectivity index (χ2n) is 7.31. The van der Waals surface area contributed by atoms with E-state index in [2.05, 4.69) is 41.8 Å². The summed E-state index contributed by atoms with van der Waals surface area (Å²) in [6.07, 6.45) is 0.317. The zero-order valence-electron chi connectivity index (χ0n) is 15.8. The van der Waals surface area contributed by atoms with Crippen LogP contribution in [0, 0.1) is 13.8 Å². The van der Waals surface area contributed by atoms with E-state index < -0.39 is 12.2 Å². The molecule has 0 radical (unpaired) electrons. The average Bonchev–Trinajstić information content (AvgIpc) is 3.16. The largest absolute Gasteiger partial charge is 0.328 e. The first kappa shape index (κ1) is 16.9. The number of hydrogen-bond acceptors (Lipinski definition) is 5. The van der Waals surface area contributed by atoms with Gasteiger partial charge in [0.2, 0.25) is 5.96 Å². The fourth-order valence-electron chi connectivity index (χ4n) is 4.20. The third-order valence-corrected chi connectivity index (χ3v) is 5.47. The number of benzene rings is 1. The minimum Gasteiger partial charge on any atom is -0.325 e. The molecule has 2 unspecified atom stereocenters. The molecule has 26 heavy (non-hydrogen) atoms. The van der Waals surface area contributed by atoms with Crippen LogP contribution < -0.4 is 4.90 Å². The van der Waals surface area contributed by atoms with Crippen LogP contribution in [0.5, 0.6) is 0 Å². The van der Waals surface area contributed by atoms with Gasteiger partial charge in [0.25, 0.3) is 5.91 Å². The van der Waals surface area contributed by atoms with E-state index in [0.29, 0.717) is 6.54 Å². The number of carbonyl (C=O) groups is 2. The normalized spacial score (nSPS) is 25.0. The van der Waals surface area contributed by atoms with Crippen molar-refractivity contribution in [3.05, 3.63) is 29.3 Å². The van der Waals surface area contributed by atoms with Crippen molar-refractivity contribution >= 4 is 23.6 Å². The summed E-state index contributed by atoms with van der Waals surface area (Å²) in [5, 5.41) is 0. The number of fused-ring (bicyclic) bond motifs is 3. The fourth-order valence-corrected chi connectivity index (χ4v) is 4.20. The highest BCUT2D eigenvalue weighted by Gasteiger charge is 2.54. The van der Waals surface area contributed by atoms with Crippen LogP contribution in [0.15, 0.2) is 23.2 Å².